The Morgan fingerprint density at radius 2 is 2.08 bits per heavy atom. The standard InChI is InChI=1S/C11H21NO/c1-3-12(4-2)9-10-6-5-7-11(13)8-10/h10H,3-9H2,1-2H3. The van der Waals surface area contributed by atoms with E-state index in [1.54, 1.807) is 0 Å². The van der Waals surface area contributed by atoms with Gasteiger partial charge in [0, 0.05) is 19.4 Å². The Bertz CT molecular complexity index is 163. The second-order valence-corrected chi connectivity index (χ2v) is 3.99. The predicted octanol–water partition coefficient (Wildman–Crippen LogP) is 2.09. The second-order valence-electron chi connectivity index (χ2n) is 3.99. The van der Waals surface area contributed by atoms with Gasteiger partial charge in [0.15, 0.2) is 0 Å². The molecule has 0 bridgehead atoms. The molecule has 1 rings (SSSR count). The van der Waals surface area contributed by atoms with E-state index >= 15 is 0 Å². The number of Topliss-reactive ketones (excluding diaryl/α,β-unsaturated/α-hetero) is 1. The smallest absolute Gasteiger partial charge is 0.133 e. The molecule has 0 aromatic heterocycles. The topological polar surface area (TPSA) is 20.3 Å². The Kier molecular flexibility index (Phi) is 4.43. The van der Waals surface area contributed by atoms with Crippen LogP contribution in [0.3, 0.4) is 0 Å². The highest BCUT2D eigenvalue weighted by Gasteiger charge is 2.20. The lowest BCUT2D eigenvalue weighted by atomic mass is 9.88. The van der Waals surface area contributed by atoms with Crippen LogP contribution in [0.4, 0.5) is 0 Å². The van der Waals surface area contributed by atoms with E-state index in [2.05, 4.69) is 18.7 Å². The van der Waals surface area contributed by atoms with Crippen LogP contribution >= 0.6 is 0 Å². The fourth-order valence-electron chi connectivity index (χ4n) is 2.12. The van der Waals surface area contributed by atoms with Crippen molar-refractivity contribution < 1.29 is 4.79 Å². The Hall–Kier alpha value is -0.370. The van der Waals surface area contributed by atoms with Gasteiger partial charge in [-0.25, -0.2) is 0 Å². The van der Waals surface area contributed by atoms with Crippen LogP contribution in [-0.2, 0) is 4.79 Å². The maximum absolute atomic E-state index is 11.2. The first-order valence-electron chi connectivity index (χ1n) is 5.50. The average molecular weight is 183 g/mol. The molecule has 0 amide bonds. The van der Waals surface area contributed by atoms with Gasteiger partial charge in [-0.2, -0.15) is 0 Å². The first-order valence-corrected chi connectivity index (χ1v) is 5.50. The lowest BCUT2D eigenvalue weighted by Crippen LogP contribution is -2.31. The van der Waals surface area contributed by atoms with E-state index in [4.69, 9.17) is 0 Å². The zero-order chi connectivity index (χ0) is 9.68. The molecule has 0 aromatic carbocycles. The fraction of sp³-hybridized carbons (Fsp3) is 0.909. The number of ketones is 1. The Morgan fingerprint density at radius 3 is 2.62 bits per heavy atom. The van der Waals surface area contributed by atoms with Crippen molar-refractivity contribution >= 4 is 5.78 Å². The largest absolute Gasteiger partial charge is 0.304 e. The minimum atomic E-state index is 0.475. The monoisotopic (exact) mass is 183 g/mol. The molecular weight excluding hydrogens is 162 g/mol. The summed E-state index contributed by atoms with van der Waals surface area (Å²) in [5.74, 6) is 1.12. The number of carbonyl (C=O) groups is 1. The van der Waals surface area contributed by atoms with Gasteiger partial charge in [-0.05, 0) is 31.8 Å². The molecule has 0 N–H and O–H groups in total. The highest BCUT2D eigenvalue weighted by molar-refractivity contribution is 5.79. The molecule has 0 radical (unpaired) electrons. The van der Waals surface area contributed by atoms with E-state index < -0.39 is 0 Å². The summed E-state index contributed by atoms with van der Waals surface area (Å²) in [4.78, 5) is 13.6. The van der Waals surface area contributed by atoms with E-state index in [9.17, 15) is 4.79 Å². The summed E-state index contributed by atoms with van der Waals surface area (Å²) in [5.41, 5.74) is 0. The van der Waals surface area contributed by atoms with Crippen LogP contribution < -0.4 is 0 Å². The third kappa shape index (κ3) is 3.47. The van der Waals surface area contributed by atoms with E-state index in [-0.39, 0.29) is 0 Å². The van der Waals surface area contributed by atoms with Crippen molar-refractivity contribution in [1.82, 2.24) is 4.90 Å². The van der Waals surface area contributed by atoms with Crippen LogP contribution in [0.15, 0.2) is 0 Å². The molecular formula is C11H21NO. The molecule has 1 atom stereocenters. The van der Waals surface area contributed by atoms with E-state index in [0.717, 1.165) is 38.9 Å². The quantitative estimate of drug-likeness (QED) is 0.665. The number of nitrogens with zero attached hydrogens (tertiary/aromatic N) is 1. The van der Waals surface area contributed by atoms with Crippen LogP contribution in [0.2, 0.25) is 0 Å². The highest BCUT2D eigenvalue weighted by Crippen LogP contribution is 2.21. The molecule has 2 heteroatoms. The normalized spacial score (nSPS) is 23.9. The van der Waals surface area contributed by atoms with Crippen LogP contribution in [0.1, 0.15) is 39.5 Å². The van der Waals surface area contributed by atoms with Crippen LogP contribution in [-0.4, -0.2) is 30.3 Å². The summed E-state index contributed by atoms with van der Waals surface area (Å²) >= 11 is 0. The van der Waals surface area contributed by atoms with Gasteiger partial charge in [0.25, 0.3) is 0 Å². The summed E-state index contributed by atoms with van der Waals surface area (Å²) in [6.07, 6.45) is 4.03. The SMILES string of the molecule is CCN(CC)CC1CCCC(=O)C1. The second kappa shape index (κ2) is 5.38. The van der Waals surface area contributed by atoms with Crippen molar-refractivity contribution in [3.8, 4) is 0 Å². The molecule has 13 heavy (non-hydrogen) atoms. The van der Waals surface area contributed by atoms with Crippen LogP contribution in [0.5, 0.6) is 0 Å². The summed E-state index contributed by atoms with van der Waals surface area (Å²) < 4.78 is 0. The van der Waals surface area contributed by atoms with Gasteiger partial charge in [0.2, 0.25) is 0 Å². The van der Waals surface area contributed by atoms with E-state index in [1.807, 2.05) is 0 Å². The van der Waals surface area contributed by atoms with Gasteiger partial charge in [-0.1, -0.05) is 13.8 Å². The maximum atomic E-state index is 11.2. The van der Waals surface area contributed by atoms with Crippen molar-refractivity contribution in [3.05, 3.63) is 0 Å². The molecule has 1 unspecified atom stereocenters. The molecule has 1 saturated carbocycles. The van der Waals surface area contributed by atoms with Gasteiger partial charge in [0.05, 0.1) is 0 Å². The Balaban J connectivity index is 2.30. The number of hydrogen-bond donors (Lipinski definition) is 0. The Labute approximate surface area is 81.3 Å². The first kappa shape index (κ1) is 10.7. The molecule has 2 nitrogen and oxygen atoms in total. The minimum Gasteiger partial charge on any atom is -0.304 e. The third-order valence-electron chi connectivity index (χ3n) is 3.00. The molecule has 0 spiro atoms. The average Bonchev–Trinajstić information content (AvgIpc) is 2.14. The molecule has 0 saturated heterocycles. The fourth-order valence-corrected chi connectivity index (χ4v) is 2.12. The summed E-state index contributed by atoms with van der Waals surface area (Å²) in [5, 5.41) is 0. The van der Waals surface area contributed by atoms with Crippen molar-refractivity contribution in [3.63, 3.8) is 0 Å². The third-order valence-corrected chi connectivity index (χ3v) is 3.00. The molecule has 76 valence electrons. The number of hydrogen-bond acceptors (Lipinski definition) is 2. The first-order chi connectivity index (χ1) is 6.26. The molecule has 1 aliphatic rings. The molecule has 0 aromatic rings. The number of rotatable bonds is 4. The zero-order valence-corrected chi connectivity index (χ0v) is 8.88. The van der Waals surface area contributed by atoms with E-state index in [1.165, 1.54) is 6.42 Å². The summed E-state index contributed by atoms with van der Waals surface area (Å²) in [6.45, 7) is 7.73. The van der Waals surface area contributed by atoms with Crippen molar-refractivity contribution in [2.24, 2.45) is 5.92 Å². The summed E-state index contributed by atoms with van der Waals surface area (Å²) in [7, 11) is 0. The molecule has 0 aliphatic heterocycles. The van der Waals surface area contributed by atoms with Crippen molar-refractivity contribution in [2.75, 3.05) is 19.6 Å². The number of carbonyl (C=O) groups excluding carboxylic acids is 1. The Morgan fingerprint density at radius 1 is 1.38 bits per heavy atom. The highest BCUT2D eigenvalue weighted by atomic mass is 16.1. The van der Waals surface area contributed by atoms with Gasteiger partial charge in [0.1, 0.15) is 5.78 Å². The van der Waals surface area contributed by atoms with Gasteiger partial charge < -0.3 is 4.90 Å². The maximum Gasteiger partial charge on any atom is 0.133 e. The predicted molar refractivity (Wildman–Crippen MR) is 54.8 cm³/mol. The van der Waals surface area contributed by atoms with Gasteiger partial charge in [-0.15, -0.1) is 0 Å². The molecule has 1 fully saturated rings. The van der Waals surface area contributed by atoms with Crippen molar-refractivity contribution in [2.45, 2.75) is 39.5 Å². The zero-order valence-electron chi connectivity index (χ0n) is 8.88. The molecule has 0 heterocycles. The van der Waals surface area contributed by atoms with Crippen LogP contribution in [0.25, 0.3) is 0 Å². The van der Waals surface area contributed by atoms with Gasteiger partial charge >= 0.3 is 0 Å². The van der Waals surface area contributed by atoms with Gasteiger partial charge in [-0.3, -0.25) is 4.79 Å². The summed E-state index contributed by atoms with van der Waals surface area (Å²) in [6, 6.07) is 0. The lowest BCUT2D eigenvalue weighted by Gasteiger charge is -2.27. The van der Waals surface area contributed by atoms with Crippen LogP contribution in [0, 0.1) is 5.92 Å². The van der Waals surface area contributed by atoms with E-state index in [0.29, 0.717) is 11.7 Å². The lowest BCUT2D eigenvalue weighted by molar-refractivity contribution is -0.121. The molecule has 1 aliphatic carbocycles. The minimum absolute atomic E-state index is 0.475. The van der Waals surface area contributed by atoms with Crippen molar-refractivity contribution in [1.29, 1.82) is 0 Å².